The number of likely N-dealkylation sites (tertiary alicyclic amines) is 1. The Hall–Kier alpha value is -3.99. The van der Waals surface area contributed by atoms with Crippen LogP contribution < -0.4 is 21.5 Å². The van der Waals surface area contributed by atoms with Gasteiger partial charge in [0.1, 0.15) is 22.9 Å². The molecule has 1 aliphatic heterocycles. The summed E-state index contributed by atoms with van der Waals surface area (Å²) in [7, 11) is 0. The first-order valence-corrected chi connectivity index (χ1v) is 10.4. The highest BCUT2D eigenvalue weighted by molar-refractivity contribution is 6.26. The second-order valence-electron chi connectivity index (χ2n) is 7.95. The Morgan fingerprint density at radius 3 is 2.56 bits per heavy atom. The van der Waals surface area contributed by atoms with E-state index in [0.717, 1.165) is 29.7 Å². The van der Waals surface area contributed by atoms with E-state index in [1.54, 1.807) is 29.2 Å². The number of carbonyl (C=O) groups is 1. The van der Waals surface area contributed by atoms with E-state index < -0.39 is 5.91 Å². The SMILES string of the molecule is Cc1ccc(Oc2ccc(C(=N)/C(C(N)=O)=C(/N)NC3CCCN(C#N)C3)cc2)c(C)c1. The number of hydrogen-bond acceptors (Lipinski definition) is 7. The van der Waals surface area contributed by atoms with E-state index in [2.05, 4.69) is 11.5 Å². The molecule has 0 bridgehead atoms. The highest BCUT2D eigenvalue weighted by atomic mass is 16.5. The van der Waals surface area contributed by atoms with Crippen LogP contribution in [-0.2, 0) is 4.79 Å². The van der Waals surface area contributed by atoms with Crippen molar-refractivity contribution in [3.05, 3.63) is 70.5 Å². The fourth-order valence-corrected chi connectivity index (χ4v) is 3.74. The van der Waals surface area contributed by atoms with Crippen molar-refractivity contribution >= 4 is 11.6 Å². The molecule has 3 rings (SSSR count). The number of benzene rings is 2. The monoisotopic (exact) mass is 432 g/mol. The third-order valence-corrected chi connectivity index (χ3v) is 5.39. The van der Waals surface area contributed by atoms with Crippen molar-refractivity contribution in [1.82, 2.24) is 10.2 Å². The van der Waals surface area contributed by atoms with E-state index in [-0.39, 0.29) is 23.1 Å². The van der Waals surface area contributed by atoms with Crippen LogP contribution in [0.3, 0.4) is 0 Å². The van der Waals surface area contributed by atoms with Gasteiger partial charge in [0.05, 0.1) is 5.71 Å². The molecule has 0 radical (unpaired) electrons. The van der Waals surface area contributed by atoms with Gasteiger partial charge in [0.2, 0.25) is 0 Å². The van der Waals surface area contributed by atoms with Crippen molar-refractivity contribution in [2.24, 2.45) is 11.5 Å². The molecule has 1 heterocycles. The number of nitrogens with two attached hydrogens (primary N) is 2. The summed E-state index contributed by atoms with van der Waals surface area (Å²) in [5.74, 6) is 0.623. The zero-order chi connectivity index (χ0) is 23.3. The van der Waals surface area contributed by atoms with Crippen LogP contribution in [0.15, 0.2) is 53.9 Å². The molecule has 2 aromatic rings. The van der Waals surface area contributed by atoms with E-state index in [9.17, 15) is 4.79 Å². The predicted molar refractivity (Wildman–Crippen MR) is 123 cm³/mol. The molecule has 0 aliphatic carbocycles. The second-order valence-corrected chi connectivity index (χ2v) is 7.95. The van der Waals surface area contributed by atoms with E-state index in [4.69, 9.17) is 26.9 Å². The molecule has 8 heteroatoms. The van der Waals surface area contributed by atoms with Crippen molar-refractivity contribution in [2.75, 3.05) is 13.1 Å². The lowest BCUT2D eigenvalue weighted by molar-refractivity contribution is -0.114. The fraction of sp³-hybridized carbons (Fsp3) is 0.292. The third kappa shape index (κ3) is 5.38. The van der Waals surface area contributed by atoms with Gasteiger partial charge < -0.3 is 26.4 Å². The minimum atomic E-state index is -0.788. The lowest BCUT2D eigenvalue weighted by Crippen LogP contribution is -2.46. The van der Waals surface area contributed by atoms with Gasteiger partial charge in [0.25, 0.3) is 5.91 Å². The van der Waals surface area contributed by atoms with E-state index in [1.807, 2.05) is 32.0 Å². The minimum absolute atomic E-state index is 0.0443. The average molecular weight is 433 g/mol. The lowest BCUT2D eigenvalue weighted by atomic mass is 10.0. The highest BCUT2D eigenvalue weighted by Gasteiger charge is 2.23. The largest absolute Gasteiger partial charge is 0.457 e. The number of hydrogen-bond donors (Lipinski definition) is 4. The summed E-state index contributed by atoms with van der Waals surface area (Å²) in [6.45, 7) is 5.19. The Morgan fingerprint density at radius 1 is 1.22 bits per heavy atom. The number of amides is 1. The number of piperidine rings is 1. The Kier molecular flexibility index (Phi) is 7.00. The molecule has 6 N–H and O–H groups in total. The van der Waals surface area contributed by atoms with Gasteiger partial charge in [-0.05, 0) is 62.6 Å². The summed E-state index contributed by atoms with van der Waals surface area (Å²) in [4.78, 5) is 13.7. The van der Waals surface area contributed by atoms with Crippen molar-refractivity contribution in [1.29, 1.82) is 10.7 Å². The molecule has 1 saturated heterocycles. The maximum Gasteiger partial charge on any atom is 0.254 e. The zero-order valence-electron chi connectivity index (χ0n) is 18.3. The van der Waals surface area contributed by atoms with Gasteiger partial charge in [-0.2, -0.15) is 5.26 Å². The van der Waals surface area contributed by atoms with Crippen LogP contribution in [0.5, 0.6) is 11.5 Å². The number of primary amides is 1. The van der Waals surface area contributed by atoms with Crippen molar-refractivity contribution < 1.29 is 9.53 Å². The molecule has 1 aliphatic rings. The first-order chi connectivity index (χ1) is 15.3. The Bertz CT molecular complexity index is 1080. The third-order valence-electron chi connectivity index (χ3n) is 5.39. The fourth-order valence-electron chi connectivity index (χ4n) is 3.74. The number of aryl methyl sites for hydroxylation is 2. The maximum absolute atomic E-state index is 12.1. The molecule has 1 fully saturated rings. The van der Waals surface area contributed by atoms with Gasteiger partial charge >= 0.3 is 0 Å². The van der Waals surface area contributed by atoms with Crippen LogP contribution in [0.1, 0.15) is 29.5 Å². The van der Waals surface area contributed by atoms with Crippen molar-refractivity contribution in [2.45, 2.75) is 32.7 Å². The topological polar surface area (TPSA) is 141 Å². The summed E-state index contributed by atoms with van der Waals surface area (Å²) >= 11 is 0. The van der Waals surface area contributed by atoms with E-state index in [0.29, 0.717) is 24.4 Å². The lowest BCUT2D eigenvalue weighted by Gasteiger charge is -2.30. The van der Waals surface area contributed by atoms with Crippen LogP contribution in [0.4, 0.5) is 0 Å². The Balaban J connectivity index is 1.76. The summed E-state index contributed by atoms with van der Waals surface area (Å²) < 4.78 is 5.93. The Morgan fingerprint density at radius 2 is 1.94 bits per heavy atom. The summed E-state index contributed by atoms with van der Waals surface area (Å²) in [6.07, 6.45) is 3.77. The van der Waals surface area contributed by atoms with Gasteiger partial charge in [-0.15, -0.1) is 0 Å². The van der Waals surface area contributed by atoms with Crippen LogP contribution in [0, 0.1) is 30.7 Å². The first kappa shape index (κ1) is 22.7. The van der Waals surface area contributed by atoms with Gasteiger partial charge in [-0.3, -0.25) is 10.2 Å². The van der Waals surface area contributed by atoms with Gasteiger partial charge in [-0.25, -0.2) is 0 Å². The highest BCUT2D eigenvalue weighted by Crippen LogP contribution is 2.26. The molecule has 32 heavy (non-hydrogen) atoms. The number of nitrogens with zero attached hydrogens (tertiary/aromatic N) is 2. The first-order valence-electron chi connectivity index (χ1n) is 10.4. The molecular formula is C24H28N6O2. The predicted octanol–water partition coefficient (Wildman–Crippen LogP) is 2.65. The van der Waals surface area contributed by atoms with Crippen LogP contribution in [-0.4, -0.2) is 35.7 Å². The van der Waals surface area contributed by atoms with Crippen LogP contribution in [0.25, 0.3) is 0 Å². The average Bonchev–Trinajstić information content (AvgIpc) is 2.76. The Labute approximate surface area is 188 Å². The summed E-state index contributed by atoms with van der Waals surface area (Å²) in [5, 5.41) is 20.7. The molecular weight excluding hydrogens is 404 g/mol. The zero-order valence-corrected chi connectivity index (χ0v) is 18.3. The second kappa shape index (κ2) is 9.88. The number of nitriles is 1. The standard InChI is InChI=1S/C24H28N6O2/c1-15-5-10-20(16(2)12-15)32-19-8-6-17(7-9-19)22(26)21(24(28)31)23(27)29-18-4-3-11-30(13-18)14-25/h5-10,12,18,26,29H,3-4,11,13,27H2,1-2H3,(H2,28,31)/b23-21+,26-22?. The van der Waals surface area contributed by atoms with Crippen molar-refractivity contribution in [3.8, 4) is 17.7 Å². The minimum Gasteiger partial charge on any atom is -0.457 e. The number of ether oxygens (including phenoxy) is 1. The summed E-state index contributed by atoms with van der Waals surface area (Å²) in [5.41, 5.74) is 14.2. The van der Waals surface area contributed by atoms with Gasteiger partial charge in [-0.1, -0.05) is 17.7 Å². The smallest absolute Gasteiger partial charge is 0.254 e. The molecule has 0 aromatic heterocycles. The van der Waals surface area contributed by atoms with Gasteiger partial charge in [0.15, 0.2) is 6.19 Å². The number of rotatable bonds is 7. The van der Waals surface area contributed by atoms with Crippen LogP contribution in [0.2, 0.25) is 0 Å². The molecule has 1 atom stereocenters. The molecule has 1 unspecified atom stereocenters. The van der Waals surface area contributed by atoms with E-state index >= 15 is 0 Å². The van der Waals surface area contributed by atoms with E-state index in [1.165, 1.54) is 0 Å². The van der Waals surface area contributed by atoms with Gasteiger partial charge in [0, 0.05) is 24.7 Å². The molecule has 8 nitrogen and oxygen atoms in total. The summed E-state index contributed by atoms with van der Waals surface area (Å²) in [6, 6.07) is 12.7. The molecule has 166 valence electrons. The normalized spacial score (nSPS) is 16.5. The quantitative estimate of drug-likeness (QED) is 0.301. The van der Waals surface area contributed by atoms with Crippen LogP contribution >= 0.6 is 0 Å². The number of carbonyl (C=O) groups excluding carboxylic acids is 1. The maximum atomic E-state index is 12.1. The molecule has 0 spiro atoms. The molecule has 2 aromatic carbocycles. The molecule has 1 amide bonds. The number of nitrogens with one attached hydrogen (secondary N) is 2. The molecule has 0 saturated carbocycles. The van der Waals surface area contributed by atoms with Crippen molar-refractivity contribution in [3.63, 3.8) is 0 Å².